The molecule has 0 atom stereocenters. The molecule has 134 valence electrons. The van der Waals surface area contributed by atoms with E-state index < -0.39 is 10.0 Å². The monoisotopic (exact) mass is 424 g/mol. The summed E-state index contributed by atoms with van der Waals surface area (Å²) in [6, 6.07) is 9.19. The van der Waals surface area contributed by atoms with E-state index in [1.807, 2.05) is 25.3 Å². The number of hydrogen-bond donors (Lipinski definition) is 1. The van der Waals surface area contributed by atoms with Gasteiger partial charge in [0.2, 0.25) is 10.0 Å². The second-order valence-corrected chi connectivity index (χ2v) is 8.71. The first kappa shape index (κ1) is 18.2. The van der Waals surface area contributed by atoms with E-state index in [9.17, 15) is 8.42 Å². The number of nitrogens with one attached hydrogen (secondary N) is 1. The van der Waals surface area contributed by atoms with Crippen LogP contribution in [0.1, 0.15) is 5.56 Å². The molecule has 8 heteroatoms. The van der Waals surface area contributed by atoms with E-state index in [0.717, 1.165) is 47.7 Å². The Labute approximate surface area is 157 Å². The Morgan fingerprint density at radius 2 is 1.76 bits per heavy atom. The maximum absolute atomic E-state index is 12.3. The van der Waals surface area contributed by atoms with Crippen LogP contribution < -0.4 is 14.5 Å². The van der Waals surface area contributed by atoms with Crippen molar-refractivity contribution in [1.82, 2.24) is 9.71 Å². The fourth-order valence-electron chi connectivity index (χ4n) is 3.08. The van der Waals surface area contributed by atoms with Crippen LogP contribution in [0.5, 0.6) is 0 Å². The van der Waals surface area contributed by atoms with Crippen LogP contribution in [0.15, 0.2) is 45.9 Å². The summed E-state index contributed by atoms with van der Waals surface area (Å²) in [6.07, 6.45) is 1.81. The minimum atomic E-state index is -3.48. The number of sulfonamides is 1. The van der Waals surface area contributed by atoms with E-state index >= 15 is 0 Å². The molecule has 0 aliphatic carbocycles. The topological polar surface area (TPSA) is 65.5 Å². The predicted molar refractivity (Wildman–Crippen MR) is 104 cm³/mol. The molecule has 1 aromatic carbocycles. The highest BCUT2D eigenvalue weighted by Crippen LogP contribution is 2.27. The lowest BCUT2D eigenvalue weighted by molar-refractivity contribution is 0.586. The molecule has 25 heavy (non-hydrogen) atoms. The highest BCUT2D eigenvalue weighted by Gasteiger charge is 2.24. The molecule has 0 saturated carbocycles. The van der Waals surface area contributed by atoms with Gasteiger partial charge in [-0.05, 0) is 53.7 Å². The largest absolute Gasteiger partial charge is 0.367 e. The van der Waals surface area contributed by atoms with E-state index in [1.54, 1.807) is 12.1 Å². The molecule has 1 N–H and O–H groups in total. The van der Waals surface area contributed by atoms with Gasteiger partial charge in [-0.1, -0.05) is 12.1 Å². The summed E-state index contributed by atoms with van der Waals surface area (Å²) in [6.45, 7) is 5.13. The highest BCUT2D eigenvalue weighted by atomic mass is 79.9. The van der Waals surface area contributed by atoms with Crippen LogP contribution in [0, 0.1) is 6.92 Å². The zero-order valence-electron chi connectivity index (χ0n) is 14.2. The fourth-order valence-corrected chi connectivity index (χ4v) is 4.47. The lowest BCUT2D eigenvalue weighted by Gasteiger charge is -2.37. The molecule has 1 saturated heterocycles. The van der Waals surface area contributed by atoms with Gasteiger partial charge in [0, 0.05) is 36.8 Å². The van der Waals surface area contributed by atoms with E-state index in [1.165, 1.54) is 7.05 Å². The van der Waals surface area contributed by atoms with Crippen molar-refractivity contribution in [2.75, 3.05) is 43.0 Å². The molecule has 3 rings (SSSR count). The molecular weight excluding hydrogens is 404 g/mol. The quantitative estimate of drug-likeness (QED) is 0.815. The molecule has 1 aliphatic heterocycles. The molecule has 6 nitrogen and oxygen atoms in total. The summed E-state index contributed by atoms with van der Waals surface area (Å²) in [5.74, 6) is 0.985. The molecule has 0 bridgehead atoms. The van der Waals surface area contributed by atoms with Crippen LogP contribution >= 0.6 is 15.9 Å². The molecule has 0 spiro atoms. The van der Waals surface area contributed by atoms with Crippen LogP contribution in [0.2, 0.25) is 0 Å². The van der Waals surface area contributed by atoms with E-state index in [2.05, 4.69) is 41.5 Å². The predicted octanol–water partition coefficient (Wildman–Crippen LogP) is 2.39. The number of nitrogens with zero attached hydrogens (tertiary/aromatic N) is 3. The number of para-hydroxylation sites is 1. The minimum Gasteiger partial charge on any atom is -0.367 e. The number of aromatic nitrogens is 1. The molecule has 0 unspecified atom stereocenters. The lowest BCUT2D eigenvalue weighted by atomic mass is 10.2. The first-order chi connectivity index (χ1) is 11.9. The third kappa shape index (κ3) is 3.80. The van der Waals surface area contributed by atoms with Crippen molar-refractivity contribution < 1.29 is 8.42 Å². The summed E-state index contributed by atoms with van der Waals surface area (Å²) in [7, 11) is -2.04. The summed E-state index contributed by atoms with van der Waals surface area (Å²) in [5, 5.41) is 0. The SMILES string of the molecule is CNS(=O)(=O)c1ccccc1N1CCN(c2ncc(Br)cc2C)CC1. The Morgan fingerprint density at radius 3 is 2.40 bits per heavy atom. The lowest BCUT2D eigenvalue weighted by Crippen LogP contribution is -2.47. The van der Waals surface area contributed by atoms with Gasteiger partial charge in [-0.15, -0.1) is 0 Å². The second-order valence-electron chi connectivity index (χ2n) is 5.94. The zero-order chi connectivity index (χ0) is 18.0. The van der Waals surface area contributed by atoms with Crippen molar-refractivity contribution in [3.05, 3.63) is 46.6 Å². The summed E-state index contributed by atoms with van der Waals surface area (Å²) >= 11 is 3.44. The third-order valence-electron chi connectivity index (χ3n) is 4.36. The van der Waals surface area contributed by atoms with Gasteiger partial charge >= 0.3 is 0 Å². The Hall–Kier alpha value is -1.64. The number of anilines is 2. The maximum Gasteiger partial charge on any atom is 0.242 e. The van der Waals surface area contributed by atoms with Gasteiger partial charge in [0.05, 0.1) is 5.69 Å². The van der Waals surface area contributed by atoms with Gasteiger partial charge < -0.3 is 9.80 Å². The van der Waals surface area contributed by atoms with E-state index in [4.69, 9.17) is 0 Å². The van der Waals surface area contributed by atoms with Crippen LogP contribution in [0.25, 0.3) is 0 Å². The molecule has 2 aromatic rings. The molecule has 0 amide bonds. The molecule has 1 aromatic heterocycles. The van der Waals surface area contributed by atoms with Crippen molar-refractivity contribution in [2.24, 2.45) is 0 Å². The Kier molecular flexibility index (Phi) is 5.31. The number of rotatable bonds is 4. The summed E-state index contributed by atoms with van der Waals surface area (Å²) < 4.78 is 27.9. The van der Waals surface area contributed by atoms with E-state index in [-0.39, 0.29) is 0 Å². The number of aryl methyl sites for hydroxylation is 1. The van der Waals surface area contributed by atoms with Gasteiger partial charge in [-0.2, -0.15) is 0 Å². The van der Waals surface area contributed by atoms with Crippen LogP contribution in [0.4, 0.5) is 11.5 Å². The fraction of sp³-hybridized carbons (Fsp3) is 0.353. The van der Waals surface area contributed by atoms with Crippen molar-refractivity contribution in [1.29, 1.82) is 0 Å². The van der Waals surface area contributed by atoms with Gasteiger partial charge in [0.15, 0.2) is 0 Å². The summed E-state index contributed by atoms with van der Waals surface area (Å²) in [4.78, 5) is 9.21. The Morgan fingerprint density at radius 1 is 1.12 bits per heavy atom. The van der Waals surface area contributed by atoms with Crippen molar-refractivity contribution >= 4 is 37.5 Å². The average molecular weight is 425 g/mol. The Balaban J connectivity index is 1.79. The maximum atomic E-state index is 12.3. The van der Waals surface area contributed by atoms with Gasteiger partial charge in [-0.3, -0.25) is 0 Å². The molecule has 0 radical (unpaired) electrons. The van der Waals surface area contributed by atoms with Gasteiger partial charge in [0.1, 0.15) is 10.7 Å². The number of pyridine rings is 1. The van der Waals surface area contributed by atoms with E-state index in [0.29, 0.717) is 4.90 Å². The first-order valence-corrected chi connectivity index (χ1v) is 10.3. The highest BCUT2D eigenvalue weighted by molar-refractivity contribution is 9.10. The molecule has 2 heterocycles. The van der Waals surface area contributed by atoms with Gasteiger partial charge in [-0.25, -0.2) is 18.1 Å². The standard InChI is InChI=1S/C17H21BrN4O2S/c1-13-11-14(18)12-20-17(13)22-9-7-21(8-10-22)15-5-3-4-6-16(15)25(23,24)19-2/h3-6,11-12,19H,7-10H2,1-2H3. The number of hydrogen-bond acceptors (Lipinski definition) is 5. The second kappa shape index (κ2) is 7.31. The van der Waals surface area contributed by atoms with Crippen LogP contribution in [-0.2, 0) is 10.0 Å². The zero-order valence-corrected chi connectivity index (χ0v) is 16.6. The normalized spacial score (nSPS) is 15.5. The minimum absolute atomic E-state index is 0.323. The third-order valence-corrected chi connectivity index (χ3v) is 6.26. The Bertz CT molecular complexity index is 865. The summed E-state index contributed by atoms with van der Waals surface area (Å²) in [5.41, 5.74) is 1.87. The molecule has 1 aliphatic rings. The van der Waals surface area contributed by atoms with Crippen molar-refractivity contribution in [3.8, 4) is 0 Å². The number of halogens is 1. The average Bonchev–Trinajstić information content (AvgIpc) is 2.62. The van der Waals surface area contributed by atoms with Crippen molar-refractivity contribution in [3.63, 3.8) is 0 Å². The van der Waals surface area contributed by atoms with Crippen molar-refractivity contribution in [2.45, 2.75) is 11.8 Å². The molecular formula is C17H21BrN4O2S. The number of benzene rings is 1. The van der Waals surface area contributed by atoms with Crippen LogP contribution in [-0.4, -0.2) is 46.6 Å². The molecule has 1 fully saturated rings. The van der Waals surface area contributed by atoms with Gasteiger partial charge in [0.25, 0.3) is 0 Å². The first-order valence-electron chi connectivity index (χ1n) is 8.07. The number of piperazine rings is 1. The van der Waals surface area contributed by atoms with Crippen LogP contribution in [0.3, 0.4) is 0 Å². The smallest absolute Gasteiger partial charge is 0.242 e.